The van der Waals surface area contributed by atoms with Gasteiger partial charge in [0, 0.05) is 22.7 Å². The van der Waals surface area contributed by atoms with Crippen molar-refractivity contribution in [2.75, 3.05) is 11.1 Å². The van der Waals surface area contributed by atoms with Crippen LogP contribution in [0.3, 0.4) is 0 Å². The van der Waals surface area contributed by atoms with E-state index in [0.29, 0.717) is 21.1 Å². The monoisotopic (exact) mass is 390 g/mol. The minimum absolute atomic E-state index is 0.0472. The number of benzene rings is 1. The predicted octanol–water partition coefficient (Wildman–Crippen LogP) is 3.24. The first-order valence-electron chi connectivity index (χ1n) is 7.52. The minimum Gasteiger partial charge on any atom is -0.325 e. The quantitative estimate of drug-likeness (QED) is 0.299. The fourth-order valence-corrected chi connectivity index (χ4v) is 4.05. The lowest BCUT2D eigenvalue weighted by atomic mass is 10.2. The first-order chi connectivity index (χ1) is 12.3. The molecule has 0 unspecified atom stereocenters. The van der Waals surface area contributed by atoms with Crippen LogP contribution in [-0.4, -0.2) is 26.6 Å². The van der Waals surface area contributed by atoms with E-state index < -0.39 is 4.92 Å². The second-order valence-electron chi connectivity index (χ2n) is 5.48. The number of nitro groups is 1. The Morgan fingerprint density at radius 3 is 2.69 bits per heavy atom. The number of anilines is 1. The number of nitrogens with one attached hydrogen (secondary N) is 2. The number of thiophene rings is 1. The molecule has 1 amide bonds. The van der Waals surface area contributed by atoms with Gasteiger partial charge in [-0.3, -0.25) is 19.7 Å². The normalized spacial score (nSPS) is 10.8. The summed E-state index contributed by atoms with van der Waals surface area (Å²) >= 11 is 2.57. The van der Waals surface area contributed by atoms with Gasteiger partial charge in [-0.2, -0.15) is 0 Å². The highest BCUT2D eigenvalue weighted by molar-refractivity contribution is 7.99. The number of nitro benzene ring substituents is 1. The van der Waals surface area contributed by atoms with Crippen LogP contribution in [0.2, 0.25) is 0 Å². The van der Waals surface area contributed by atoms with Gasteiger partial charge in [-0.25, -0.2) is 4.98 Å². The van der Waals surface area contributed by atoms with Crippen LogP contribution in [0.1, 0.15) is 10.4 Å². The minimum atomic E-state index is -0.506. The van der Waals surface area contributed by atoms with E-state index in [2.05, 4.69) is 15.3 Å². The number of hydrogen-bond acceptors (Lipinski definition) is 7. The Morgan fingerprint density at radius 1 is 1.35 bits per heavy atom. The fourth-order valence-electron chi connectivity index (χ4n) is 2.30. The maximum atomic E-state index is 12.2. The van der Waals surface area contributed by atoms with Crippen LogP contribution in [0.15, 0.2) is 34.2 Å². The SMILES string of the molecule is Cc1sc2nc(SCC(=O)Nc3ccc([N+](=O)[O-])cc3)[nH]c(=O)c2c1C. The molecule has 0 bridgehead atoms. The molecule has 0 fully saturated rings. The number of fused-ring (bicyclic) bond motifs is 1. The largest absolute Gasteiger partial charge is 0.325 e. The molecule has 0 aliphatic carbocycles. The Balaban J connectivity index is 1.67. The average molecular weight is 390 g/mol. The van der Waals surface area contributed by atoms with Crippen LogP contribution in [0.5, 0.6) is 0 Å². The summed E-state index contributed by atoms with van der Waals surface area (Å²) in [6.45, 7) is 3.82. The third-order valence-electron chi connectivity index (χ3n) is 3.72. The number of carbonyl (C=O) groups is 1. The summed E-state index contributed by atoms with van der Waals surface area (Å²) in [6.07, 6.45) is 0. The number of thioether (sulfide) groups is 1. The van der Waals surface area contributed by atoms with E-state index in [4.69, 9.17) is 0 Å². The van der Waals surface area contributed by atoms with Gasteiger partial charge in [0.05, 0.1) is 16.1 Å². The summed E-state index contributed by atoms with van der Waals surface area (Å²) in [7, 11) is 0. The Bertz CT molecular complexity index is 1060. The molecule has 3 rings (SSSR count). The summed E-state index contributed by atoms with van der Waals surface area (Å²) in [5, 5.41) is 14.2. The molecular weight excluding hydrogens is 376 g/mol. The van der Waals surface area contributed by atoms with Gasteiger partial charge >= 0.3 is 0 Å². The van der Waals surface area contributed by atoms with E-state index in [-0.39, 0.29) is 22.9 Å². The molecule has 0 saturated heterocycles. The van der Waals surface area contributed by atoms with Gasteiger partial charge in [0.15, 0.2) is 5.16 Å². The maximum absolute atomic E-state index is 12.2. The number of aryl methyl sites for hydroxylation is 2. The Labute approximate surface area is 155 Å². The van der Waals surface area contributed by atoms with Crippen molar-refractivity contribution in [3.63, 3.8) is 0 Å². The van der Waals surface area contributed by atoms with E-state index in [9.17, 15) is 19.7 Å². The van der Waals surface area contributed by atoms with Crippen molar-refractivity contribution in [3.05, 3.63) is 55.2 Å². The summed E-state index contributed by atoms with van der Waals surface area (Å²) in [6, 6.07) is 5.56. The highest BCUT2D eigenvalue weighted by atomic mass is 32.2. The number of aromatic nitrogens is 2. The van der Waals surface area contributed by atoms with Gasteiger partial charge in [-0.05, 0) is 31.5 Å². The molecular formula is C16H14N4O4S2. The number of hydrogen-bond donors (Lipinski definition) is 2. The second kappa shape index (κ2) is 7.26. The summed E-state index contributed by atoms with van der Waals surface area (Å²) in [5.74, 6) is -0.250. The summed E-state index contributed by atoms with van der Waals surface area (Å²) < 4.78 is 0. The number of carbonyl (C=O) groups excluding carboxylic acids is 1. The molecule has 26 heavy (non-hydrogen) atoms. The first-order valence-corrected chi connectivity index (χ1v) is 9.32. The molecule has 2 heterocycles. The number of nitrogens with zero attached hydrogens (tertiary/aromatic N) is 2. The van der Waals surface area contributed by atoms with E-state index in [1.165, 1.54) is 35.6 Å². The van der Waals surface area contributed by atoms with Crippen LogP contribution in [0, 0.1) is 24.0 Å². The lowest BCUT2D eigenvalue weighted by Crippen LogP contribution is -2.15. The third-order valence-corrected chi connectivity index (χ3v) is 5.69. The lowest BCUT2D eigenvalue weighted by Gasteiger charge is -2.04. The third kappa shape index (κ3) is 3.75. The van der Waals surface area contributed by atoms with Gasteiger partial charge in [-0.15, -0.1) is 11.3 Å². The van der Waals surface area contributed by atoms with Crippen LogP contribution < -0.4 is 10.9 Å². The molecule has 0 atom stereocenters. The molecule has 10 heteroatoms. The Kier molecular flexibility index (Phi) is 5.05. The highest BCUT2D eigenvalue weighted by Crippen LogP contribution is 2.27. The molecule has 0 aliphatic heterocycles. The van der Waals surface area contributed by atoms with Crippen molar-refractivity contribution < 1.29 is 9.72 Å². The first kappa shape index (κ1) is 18.1. The van der Waals surface area contributed by atoms with Crippen LogP contribution >= 0.6 is 23.1 Å². The van der Waals surface area contributed by atoms with Crippen molar-refractivity contribution in [3.8, 4) is 0 Å². The predicted molar refractivity (Wildman–Crippen MR) is 102 cm³/mol. The fraction of sp³-hybridized carbons (Fsp3) is 0.188. The van der Waals surface area contributed by atoms with Crippen LogP contribution in [-0.2, 0) is 4.79 Å². The van der Waals surface area contributed by atoms with Crippen molar-refractivity contribution in [1.29, 1.82) is 0 Å². The zero-order chi connectivity index (χ0) is 18.8. The molecule has 2 aromatic heterocycles. The number of H-pyrrole nitrogens is 1. The van der Waals surface area contributed by atoms with Gasteiger partial charge in [0.1, 0.15) is 4.83 Å². The number of aromatic amines is 1. The van der Waals surface area contributed by atoms with Crippen molar-refractivity contribution >= 4 is 50.6 Å². The van der Waals surface area contributed by atoms with Crippen molar-refractivity contribution in [2.24, 2.45) is 0 Å². The topological polar surface area (TPSA) is 118 Å². The van der Waals surface area contributed by atoms with Crippen molar-refractivity contribution in [1.82, 2.24) is 9.97 Å². The Hall–Kier alpha value is -2.72. The molecule has 8 nitrogen and oxygen atoms in total. The molecule has 0 aliphatic rings. The lowest BCUT2D eigenvalue weighted by molar-refractivity contribution is -0.384. The Morgan fingerprint density at radius 2 is 2.04 bits per heavy atom. The molecule has 3 aromatic rings. The average Bonchev–Trinajstić information content (AvgIpc) is 2.88. The van der Waals surface area contributed by atoms with Gasteiger partial charge in [-0.1, -0.05) is 11.8 Å². The number of amides is 1. The van der Waals surface area contributed by atoms with Gasteiger partial charge < -0.3 is 10.3 Å². The van der Waals surface area contributed by atoms with Crippen molar-refractivity contribution in [2.45, 2.75) is 19.0 Å². The number of rotatable bonds is 5. The molecule has 0 saturated carbocycles. The highest BCUT2D eigenvalue weighted by Gasteiger charge is 2.13. The van der Waals surface area contributed by atoms with E-state index in [0.717, 1.165) is 22.2 Å². The molecule has 1 aromatic carbocycles. The second-order valence-corrected chi connectivity index (χ2v) is 7.64. The van der Waals surface area contributed by atoms with E-state index in [1.807, 2.05) is 13.8 Å². The zero-order valence-electron chi connectivity index (χ0n) is 13.9. The molecule has 0 radical (unpaired) electrons. The number of non-ortho nitro benzene ring substituents is 1. The van der Waals surface area contributed by atoms with Gasteiger partial charge in [0.25, 0.3) is 11.2 Å². The standard InChI is InChI=1S/C16H14N4O4S2/c1-8-9(2)26-15-13(8)14(22)18-16(19-15)25-7-12(21)17-10-3-5-11(6-4-10)20(23)24/h3-6H,7H2,1-2H3,(H,17,21)(H,18,19,22). The summed E-state index contributed by atoms with van der Waals surface area (Å²) in [5.41, 5.74) is 1.12. The van der Waals surface area contributed by atoms with Gasteiger partial charge in [0.2, 0.25) is 5.91 Å². The zero-order valence-corrected chi connectivity index (χ0v) is 15.5. The smallest absolute Gasteiger partial charge is 0.269 e. The molecule has 0 spiro atoms. The van der Waals surface area contributed by atoms with E-state index in [1.54, 1.807) is 0 Å². The van der Waals surface area contributed by atoms with E-state index >= 15 is 0 Å². The molecule has 2 N–H and O–H groups in total. The summed E-state index contributed by atoms with van der Waals surface area (Å²) in [4.78, 5) is 43.1. The van der Waals surface area contributed by atoms with Crippen LogP contribution in [0.4, 0.5) is 11.4 Å². The molecule has 134 valence electrons. The van der Waals surface area contributed by atoms with Crippen LogP contribution in [0.25, 0.3) is 10.2 Å². The maximum Gasteiger partial charge on any atom is 0.269 e.